The molecule has 1 aliphatic carbocycles. The molecule has 1 aromatic heterocycles. The third kappa shape index (κ3) is 6.39. The van der Waals surface area contributed by atoms with Gasteiger partial charge in [0.05, 0.1) is 11.3 Å². The molecule has 7 nitrogen and oxygen atoms in total. The molecule has 0 aliphatic heterocycles. The summed E-state index contributed by atoms with van der Waals surface area (Å²) >= 11 is 0. The number of aryl methyl sites for hydroxylation is 3. The molecule has 0 bridgehead atoms. The zero-order valence-electron chi connectivity index (χ0n) is 24.5. The van der Waals surface area contributed by atoms with Crippen LogP contribution in [0.25, 0.3) is 11.1 Å². The van der Waals surface area contributed by atoms with E-state index < -0.39 is 5.60 Å². The smallest absolute Gasteiger partial charge is 0.252 e. The van der Waals surface area contributed by atoms with Gasteiger partial charge in [-0.1, -0.05) is 6.07 Å². The van der Waals surface area contributed by atoms with E-state index >= 15 is 0 Å². The second-order valence-corrected chi connectivity index (χ2v) is 11.6. The van der Waals surface area contributed by atoms with E-state index in [0.29, 0.717) is 33.8 Å². The lowest BCUT2D eigenvalue weighted by atomic mass is 9.89. The van der Waals surface area contributed by atoms with Crippen LogP contribution in [0.5, 0.6) is 11.5 Å². The summed E-state index contributed by atoms with van der Waals surface area (Å²) in [6.45, 7) is 8.60. The minimum absolute atomic E-state index is 0.0171. The van der Waals surface area contributed by atoms with Crippen molar-refractivity contribution in [2.45, 2.75) is 78.0 Å². The van der Waals surface area contributed by atoms with E-state index in [1.54, 1.807) is 53.9 Å². The Bertz CT molecular complexity index is 1440. The Labute approximate surface area is 235 Å². The maximum Gasteiger partial charge on any atom is 0.252 e. The largest absolute Gasteiger partial charge is 0.456 e. The zero-order valence-corrected chi connectivity index (χ0v) is 24.5. The molecule has 1 amide bonds. The summed E-state index contributed by atoms with van der Waals surface area (Å²) in [5.74, 6) is 0.759. The Kier molecular flexibility index (Phi) is 8.40. The Morgan fingerprint density at radius 1 is 1.07 bits per heavy atom. The number of nitrogens with zero attached hydrogens (tertiary/aromatic N) is 2. The summed E-state index contributed by atoms with van der Waals surface area (Å²) in [4.78, 5) is 26.6. The van der Waals surface area contributed by atoms with E-state index in [4.69, 9.17) is 4.74 Å². The van der Waals surface area contributed by atoms with Gasteiger partial charge in [-0.2, -0.15) is 0 Å². The van der Waals surface area contributed by atoms with Crippen molar-refractivity contribution in [3.63, 3.8) is 0 Å². The van der Waals surface area contributed by atoms with Gasteiger partial charge in [0.1, 0.15) is 17.3 Å². The van der Waals surface area contributed by atoms with Gasteiger partial charge in [-0.05, 0) is 94.3 Å². The average molecular weight is 550 g/mol. The lowest BCUT2D eigenvalue weighted by Crippen LogP contribution is -2.42. The van der Waals surface area contributed by atoms with Crippen LogP contribution in [0, 0.1) is 19.7 Å². The van der Waals surface area contributed by atoms with Crippen molar-refractivity contribution >= 4 is 11.6 Å². The minimum atomic E-state index is -1.11. The van der Waals surface area contributed by atoms with Crippen molar-refractivity contribution in [3.8, 4) is 22.6 Å². The van der Waals surface area contributed by atoms with Crippen LogP contribution in [0.3, 0.4) is 0 Å². The molecule has 40 heavy (non-hydrogen) atoms. The summed E-state index contributed by atoms with van der Waals surface area (Å²) in [5.41, 5.74) is 3.05. The fourth-order valence-corrected chi connectivity index (χ4v) is 5.59. The topological polar surface area (TPSA) is 83.8 Å². The number of hydrogen-bond donors (Lipinski definition) is 2. The number of carbonyl (C=O) groups excluding carboxylic acids is 1. The highest BCUT2D eigenvalue weighted by molar-refractivity contribution is 5.82. The highest BCUT2D eigenvalue weighted by Gasteiger charge is 2.28. The zero-order chi connectivity index (χ0) is 29.4. The van der Waals surface area contributed by atoms with Gasteiger partial charge in [0.2, 0.25) is 5.91 Å². The van der Waals surface area contributed by atoms with Gasteiger partial charge in [-0.15, -0.1) is 0 Å². The molecule has 1 aliphatic rings. The number of halogens is 1. The van der Waals surface area contributed by atoms with E-state index in [0.717, 1.165) is 36.9 Å². The van der Waals surface area contributed by atoms with Crippen molar-refractivity contribution in [2.24, 2.45) is 7.05 Å². The van der Waals surface area contributed by atoms with Crippen LogP contribution in [0.2, 0.25) is 0 Å². The van der Waals surface area contributed by atoms with Gasteiger partial charge in [-0.3, -0.25) is 9.59 Å². The van der Waals surface area contributed by atoms with Crippen molar-refractivity contribution in [2.75, 3.05) is 11.9 Å². The van der Waals surface area contributed by atoms with Gasteiger partial charge >= 0.3 is 0 Å². The first kappa shape index (κ1) is 29.3. The maximum atomic E-state index is 14.0. The molecule has 214 valence electrons. The SMILES string of the molecule is CC(=O)NC1CCC(N(C)c2cc(=O)n(C)cc2-c2cc(C(C)(C)O)ccc2Oc2c(C)cc(F)cc2C)CC1. The molecule has 4 rings (SSSR count). The average Bonchev–Trinajstić information content (AvgIpc) is 2.86. The Morgan fingerprint density at radius 3 is 2.27 bits per heavy atom. The second-order valence-electron chi connectivity index (χ2n) is 11.6. The predicted octanol–water partition coefficient (Wildman–Crippen LogP) is 5.71. The first-order valence-corrected chi connectivity index (χ1v) is 13.8. The molecule has 2 N–H and O–H groups in total. The van der Waals surface area contributed by atoms with Crippen LogP contribution in [0.4, 0.5) is 10.1 Å². The monoisotopic (exact) mass is 549 g/mol. The molecule has 2 aromatic carbocycles. The molecule has 0 spiro atoms. The molecule has 3 aromatic rings. The number of ether oxygens (including phenoxy) is 1. The summed E-state index contributed by atoms with van der Waals surface area (Å²) in [6, 6.07) is 10.4. The van der Waals surface area contributed by atoms with Crippen LogP contribution in [-0.4, -0.2) is 34.7 Å². The number of benzene rings is 2. The maximum absolute atomic E-state index is 14.0. The van der Waals surface area contributed by atoms with Crippen LogP contribution < -0.4 is 20.5 Å². The molecular formula is C32H40FN3O4. The number of pyridine rings is 1. The van der Waals surface area contributed by atoms with Gasteiger partial charge in [0, 0.05) is 56.5 Å². The van der Waals surface area contributed by atoms with Gasteiger partial charge in [-0.25, -0.2) is 4.39 Å². The molecular weight excluding hydrogens is 509 g/mol. The van der Waals surface area contributed by atoms with Crippen molar-refractivity contribution < 1.29 is 19.0 Å². The molecule has 0 atom stereocenters. The summed E-state index contributed by atoms with van der Waals surface area (Å²) in [6.07, 6.45) is 5.27. The number of aliphatic hydroxyl groups is 1. The van der Waals surface area contributed by atoms with Crippen LogP contribution >= 0.6 is 0 Å². The predicted molar refractivity (Wildman–Crippen MR) is 157 cm³/mol. The Balaban J connectivity index is 1.82. The standard InChI is InChI=1S/C32H40FN3O4/c1-19-14-23(33)15-20(2)31(19)40-29-13-8-22(32(4,5)39)16-26(29)27-18-35(6)30(38)17-28(27)36(7)25-11-9-24(10-12-25)34-21(3)37/h8,13-18,24-25,39H,9-12H2,1-7H3,(H,34,37). The van der Waals surface area contributed by atoms with Gasteiger partial charge in [0.25, 0.3) is 5.56 Å². The summed E-state index contributed by atoms with van der Waals surface area (Å²) in [5, 5.41) is 13.9. The van der Waals surface area contributed by atoms with E-state index in [1.165, 1.54) is 16.7 Å². The normalized spacial score (nSPS) is 17.4. The molecule has 1 fully saturated rings. The fourth-order valence-electron chi connectivity index (χ4n) is 5.59. The fraction of sp³-hybridized carbons (Fsp3) is 0.438. The number of anilines is 1. The quantitative estimate of drug-likeness (QED) is 0.394. The van der Waals surface area contributed by atoms with Crippen LogP contribution in [0.15, 0.2) is 47.4 Å². The van der Waals surface area contributed by atoms with E-state index in [2.05, 4.69) is 10.2 Å². The van der Waals surface area contributed by atoms with Gasteiger partial charge < -0.3 is 24.6 Å². The van der Waals surface area contributed by atoms with Crippen LogP contribution in [-0.2, 0) is 17.4 Å². The lowest BCUT2D eigenvalue weighted by Gasteiger charge is -2.37. The molecule has 1 saturated carbocycles. The molecule has 0 radical (unpaired) electrons. The number of amides is 1. The molecule has 0 unspecified atom stereocenters. The number of aromatic nitrogens is 1. The van der Waals surface area contributed by atoms with Crippen molar-refractivity contribution in [1.82, 2.24) is 9.88 Å². The summed E-state index contributed by atoms with van der Waals surface area (Å²) in [7, 11) is 3.71. The minimum Gasteiger partial charge on any atom is -0.456 e. The Morgan fingerprint density at radius 2 is 1.70 bits per heavy atom. The highest BCUT2D eigenvalue weighted by atomic mass is 19.1. The molecule has 0 saturated heterocycles. The third-order valence-corrected chi connectivity index (χ3v) is 7.85. The molecule has 8 heteroatoms. The van der Waals surface area contributed by atoms with Crippen molar-refractivity contribution in [1.29, 1.82) is 0 Å². The number of rotatable bonds is 7. The van der Waals surface area contributed by atoms with Crippen LogP contribution in [0.1, 0.15) is 63.1 Å². The van der Waals surface area contributed by atoms with Crippen molar-refractivity contribution in [3.05, 3.63) is 75.5 Å². The van der Waals surface area contributed by atoms with E-state index in [-0.39, 0.29) is 29.4 Å². The first-order valence-electron chi connectivity index (χ1n) is 13.8. The third-order valence-electron chi connectivity index (χ3n) is 7.85. The number of nitrogens with one attached hydrogen (secondary N) is 1. The molecule has 1 heterocycles. The number of carbonyl (C=O) groups is 1. The summed E-state index contributed by atoms with van der Waals surface area (Å²) < 4.78 is 22.0. The highest BCUT2D eigenvalue weighted by Crippen LogP contribution is 2.42. The number of hydrogen-bond acceptors (Lipinski definition) is 5. The van der Waals surface area contributed by atoms with Gasteiger partial charge in [0.15, 0.2) is 0 Å². The Hall–Kier alpha value is -3.65. The lowest BCUT2D eigenvalue weighted by molar-refractivity contribution is -0.119. The van der Waals surface area contributed by atoms with E-state index in [1.807, 2.05) is 25.2 Å². The first-order chi connectivity index (χ1) is 18.7. The van der Waals surface area contributed by atoms with E-state index in [9.17, 15) is 19.1 Å². The second kappa shape index (κ2) is 11.5.